The number of aromatic nitrogens is 3. The Morgan fingerprint density at radius 3 is 2.19 bits per heavy atom. The van der Waals surface area contributed by atoms with E-state index in [0.717, 1.165) is 17.1 Å². The number of rotatable bonds is 3. The molecule has 1 N–H and O–H groups in total. The minimum absolute atomic E-state index is 0.0978. The molecule has 1 amide bonds. The van der Waals surface area contributed by atoms with Crippen molar-refractivity contribution in [2.75, 3.05) is 0 Å². The van der Waals surface area contributed by atoms with E-state index in [-0.39, 0.29) is 11.4 Å². The van der Waals surface area contributed by atoms with Crippen molar-refractivity contribution in [2.24, 2.45) is 0 Å². The number of carbonyl (C=O) groups excluding carboxylic acids is 1. The Morgan fingerprint density at radius 1 is 1.00 bits per heavy atom. The summed E-state index contributed by atoms with van der Waals surface area (Å²) in [6.07, 6.45) is 0. The standard InChI is InChI=1S/C20H21ClN4O/c1-13-23-24-18(25(13)17-11-9-16(21)10-12-17)14-5-7-15(8-6-14)19(26)22-20(2,3)4/h5-12H,1-4H3,(H,22,26). The maximum atomic E-state index is 12.3. The molecule has 5 nitrogen and oxygen atoms in total. The van der Waals surface area contributed by atoms with Crippen molar-refractivity contribution in [1.82, 2.24) is 20.1 Å². The fourth-order valence-corrected chi connectivity index (χ4v) is 2.76. The zero-order valence-corrected chi connectivity index (χ0v) is 16.0. The van der Waals surface area contributed by atoms with Crippen LogP contribution in [0.4, 0.5) is 0 Å². The Kier molecular flexibility index (Phi) is 4.83. The average Bonchev–Trinajstić information content (AvgIpc) is 2.96. The Labute approximate surface area is 158 Å². The molecule has 0 unspecified atom stereocenters. The summed E-state index contributed by atoms with van der Waals surface area (Å²) in [5.74, 6) is 1.39. The van der Waals surface area contributed by atoms with Crippen LogP contribution in [0.2, 0.25) is 5.02 Å². The lowest BCUT2D eigenvalue weighted by Crippen LogP contribution is -2.40. The molecule has 0 fully saturated rings. The van der Waals surface area contributed by atoms with E-state index in [1.54, 1.807) is 12.1 Å². The van der Waals surface area contributed by atoms with E-state index in [9.17, 15) is 4.79 Å². The highest BCUT2D eigenvalue weighted by Crippen LogP contribution is 2.24. The first-order valence-electron chi connectivity index (χ1n) is 8.35. The second kappa shape index (κ2) is 6.92. The van der Waals surface area contributed by atoms with Crippen LogP contribution in [-0.2, 0) is 0 Å². The number of benzene rings is 2. The second-order valence-corrected chi connectivity index (χ2v) is 7.60. The van der Waals surface area contributed by atoms with Crippen molar-refractivity contribution in [2.45, 2.75) is 33.2 Å². The van der Waals surface area contributed by atoms with Crippen LogP contribution in [0, 0.1) is 6.92 Å². The van der Waals surface area contributed by atoms with Crippen LogP contribution in [0.15, 0.2) is 48.5 Å². The molecule has 3 aromatic rings. The maximum absolute atomic E-state index is 12.3. The highest BCUT2D eigenvalue weighted by Gasteiger charge is 2.17. The molecule has 1 heterocycles. The van der Waals surface area contributed by atoms with Gasteiger partial charge in [-0.15, -0.1) is 10.2 Å². The molecule has 0 spiro atoms. The number of nitrogens with zero attached hydrogens (tertiary/aromatic N) is 3. The maximum Gasteiger partial charge on any atom is 0.251 e. The Bertz CT molecular complexity index is 922. The van der Waals surface area contributed by atoms with Gasteiger partial charge >= 0.3 is 0 Å². The SMILES string of the molecule is Cc1nnc(-c2ccc(C(=O)NC(C)(C)C)cc2)n1-c1ccc(Cl)cc1. The van der Waals surface area contributed by atoms with Crippen LogP contribution in [-0.4, -0.2) is 26.2 Å². The van der Waals surface area contributed by atoms with Crippen molar-refractivity contribution in [1.29, 1.82) is 0 Å². The highest BCUT2D eigenvalue weighted by molar-refractivity contribution is 6.30. The van der Waals surface area contributed by atoms with E-state index in [1.165, 1.54) is 0 Å². The minimum atomic E-state index is -0.276. The van der Waals surface area contributed by atoms with Crippen molar-refractivity contribution in [3.63, 3.8) is 0 Å². The fraction of sp³-hybridized carbons (Fsp3) is 0.250. The molecule has 0 aliphatic rings. The number of hydrogen-bond donors (Lipinski definition) is 1. The summed E-state index contributed by atoms with van der Waals surface area (Å²) in [4.78, 5) is 12.3. The molecule has 6 heteroatoms. The number of hydrogen-bond acceptors (Lipinski definition) is 3. The summed E-state index contributed by atoms with van der Waals surface area (Å²) in [5.41, 5.74) is 2.15. The third-order valence-electron chi connectivity index (χ3n) is 3.80. The summed E-state index contributed by atoms with van der Waals surface area (Å²) >= 11 is 5.98. The van der Waals surface area contributed by atoms with Crippen LogP contribution in [0.1, 0.15) is 37.0 Å². The van der Waals surface area contributed by atoms with Crippen LogP contribution in [0.25, 0.3) is 17.1 Å². The first kappa shape index (κ1) is 18.1. The van der Waals surface area contributed by atoms with E-state index in [0.29, 0.717) is 16.4 Å². The normalized spacial score (nSPS) is 11.4. The van der Waals surface area contributed by atoms with Gasteiger partial charge in [0.15, 0.2) is 5.82 Å². The van der Waals surface area contributed by atoms with Gasteiger partial charge in [0, 0.05) is 27.4 Å². The predicted octanol–water partition coefficient (Wildman–Crippen LogP) is 4.42. The smallest absolute Gasteiger partial charge is 0.251 e. The van der Waals surface area contributed by atoms with Crippen molar-refractivity contribution < 1.29 is 4.79 Å². The van der Waals surface area contributed by atoms with Crippen molar-refractivity contribution >= 4 is 17.5 Å². The largest absolute Gasteiger partial charge is 0.347 e. The van der Waals surface area contributed by atoms with Crippen LogP contribution in [0.3, 0.4) is 0 Å². The third kappa shape index (κ3) is 3.94. The minimum Gasteiger partial charge on any atom is -0.347 e. The van der Waals surface area contributed by atoms with E-state index in [1.807, 2.05) is 68.7 Å². The zero-order chi connectivity index (χ0) is 18.9. The van der Waals surface area contributed by atoms with Gasteiger partial charge in [0.2, 0.25) is 0 Å². The van der Waals surface area contributed by atoms with E-state index >= 15 is 0 Å². The van der Waals surface area contributed by atoms with E-state index in [2.05, 4.69) is 15.5 Å². The van der Waals surface area contributed by atoms with Crippen LogP contribution >= 0.6 is 11.6 Å². The Morgan fingerprint density at radius 2 is 1.62 bits per heavy atom. The molecule has 1 aromatic heterocycles. The first-order valence-corrected chi connectivity index (χ1v) is 8.73. The number of carbonyl (C=O) groups is 1. The summed E-state index contributed by atoms with van der Waals surface area (Å²) in [5, 5.41) is 12.1. The van der Waals surface area contributed by atoms with Gasteiger partial charge in [-0.05, 0) is 64.1 Å². The molecule has 0 saturated carbocycles. The monoisotopic (exact) mass is 368 g/mol. The molecule has 0 atom stereocenters. The van der Waals surface area contributed by atoms with Gasteiger partial charge in [0.25, 0.3) is 5.91 Å². The first-order chi connectivity index (χ1) is 12.2. The highest BCUT2D eigenvalue weighted by atomic mass is 35.5. The molecule has 26 heavy (non-hydrogen) atoms. The summed E-state index contributed by atoms with van der Waals surface area (Å²) in [7, 11) is 0. The van der Waals surface area contributed by atoms with Gasteiger partial charge in [-0.2, -0.15) is 0 Å². The topological polar surface area (TPSA) is 59.8 Å². The lowest BCUT2D eigenvalue weighted by Gasteiger charge is -2.20. The van der Waals surface area contributed by atoms with E-state index in [4.69, 9.17) is 11.6 Å². The van der Waals surface area contributed by atoms with Crippen LogP contribution < -0.4 is 5.32 Å². The molecule has 2 aromatic carbocycles. The third-order valence-corrected chi connectivity index (χ3v) is 4.06. The zero-order valence-electron chi connectivity index (χ0n) is 15.2. The molecule has 0 radical (unpaired) electrons. The van der Waals surface area contributed by atoms with Crippen molar-refractivity contribution in [3.05, 3.63) is 64.9 Å². The lowest BCUT2D eigenvalue weighted by molar-refractivity contribution is 0.0919. The average molecular weight is 369 g/mol. The fourth-order valence-electron chi connectivity index (χ4n) is 2.63. The molecule has 0 aliphatic heterocycles. The summed E-state index contributed by atoms with van der Waals surface area (Å²) in [6.45, 7) is 7.76. The van der Waals surface area contributed by atoms with Crippen LogP contribution in [0.5, 0.6) is 0 Å². The molecule has 3 rings (SSSR count). The summed E-state index contributed by atoms with van der Waals surface area (Å²) in [6, 6.07) is 14.9. The Hall–Kier alpha value is -2.66. The molecule has 0 bridgehead atoms. The Balaban J connectivity index is 1.93. The lowest BCUT2D eigenvalue weighted by atomic mass is 10.1. The van der Waals surface area contributed by atoms with Gasteiger partial charge in [0.1, 0.15) is 5.82 Å². The number of aryl methyl sites for hydroxylation is 1. The van der Waals surface area contributed by atoms with Crippen molar-refractivity contribution in [3.8, 4) is 17.1 Å². The molecular weight excluding hydrogens is 348 g/mol. The van der Waals surface area contributed by atoms with E-state index < -0.39 is 0 Å². The predicted molar refractivity (Wildman–Crippen MR) is 104 cm³/mol. The van der Waals surface area contributed by atoms with Gasteiger partial charge in [-0.25, -0.2) is 0 Å². The number of nitrogens with one attached hydrogen (secondary N) is 1. The molecule has 134 valence electrons. The second-order valence-electron chi connectivity index (χ2n) is 7.16. The molecule has 0 aliphatic carbocycles. The van der Waals surface area contributed by atoms with Gasteiger partial charge in [0.05, 0.1) is 0 Å². The molecule has 0 saturated heterocycles. The van der Waals surface area contributed by atoms with Gasteiger partial charge < -0.3 is 5.32 Å². The van der Waals surface area contributed by atoms with Gasteiger partial charge in [-0.1, -0.05) is 23.7 Å². The summed E-state index contributed by atoms with van der Waals surface area (Å²) < 4.78 is 1.96. The number of amides is 1. The molecular formula is C20H21ClN4O. The number of halogens is 1. The van der Waals surface area contributed by atoms with Gasteiger partial charge in [-0.3, -0.25) is 9.36 Å². The quantitative estimate of drug-likeness (QED) is 0.744.